The topological polar surface area (TPSA) is 92.5 Å². The molecule has 0 bridgehead atoms. The molecule has 0 aromatic rings. The van der Waals surface area contributed by atoms with E-state index in [2.05, 4.69) is 10.2 Å². The van der Waals surface area contributed by atoms with Crippen LogP contribution in [-0.4, -0.2) is 62.4 Å². The number of primary amides is 1. The lowest BCUT2D eigenvalue weighted by Gasteiger charge is -2.29. The maximum Gasteiger partial charge on any atom is 0.218 e. The van der Waals surface area contributed by atoms with Gasteiger partial charge in [0.05, 0.1) is 11.5 Å². The lowest BCUT2D eigenvalue weighted by atomic mass is 10.0. The van der Waals surface area contributed by atoms with Gasteiger partial charge in [0.2, 0.25) is 5.91 Å². The van der Waals surface area contributed by atoms with Crippen molar-refractivity contribution in [2.45, 2.75) is 44.2 Å². The highest BCUT2D eigenvalue weighted by atomic mass is 32.2. The van der Waals surface area contributed by atoms with E-state index in [9.17, 15) is 13.2 Å². The van der Waals surface area contributed by atoms with Crippen molar-refractivity contribution < 1.29 is 13.2 Å². The Hall–Kier alpha value is -0.660. The first-order valence-electron chi connectivity index (χ1n) is 7.44. The molecule has 0 saturated carbocycles. The normalized spacial score (nSPS) is 28.0. The molecule has 0 aliphatic carbocycles. The van der Waals surface area contributed by atoms with Crippen molar-refractivity contribution in [1.82, 2.24) is 10.2 Å². The first-order chi connectivity index (χ1) is 9.48. The maximum absolute atomic E-state index is 11.9. The quantitative estimate of drug-likeness (QED) is 0.661. The zero-order valence-corrected chi connectivity index (χ0v) is 12.7. The van der Waals surface area contributed by atoms with Crippen molar-refractivity contribution in [1.29, 1.82) is 0 Å². The Morgan fingerprint density at radius 3 is 2.70 bits per heavy atom. The molecule has 2 unspecified atom stereocenters. The number of rotatable bonds is 7. The summed E-state index contributed by atoms with van der Waals surface area (Å²) in [6.45, 7) is 2.63. The van der Waals surface area contributed by atoms with Crippen LogP contribution in [0.2, 0.25) is 0 Å². The molecule has 6 nitrogen and oxygen atoms in total. The Balaban J connectivity index is 1.81. The molecule has 2 fully saturated rings. The fourth-order valence-electron chi connectivity index (χ4n) is 3.24. The molecular formula is C13H25N3O3S. The van der Waals surface area contributed by atoms with Gasteiger partial charge in [-0.1, -0.05) is 0 Å². The van der Waals surface area contributed by atoms with E-state index in [-0.39, 0.29) is 17.9 Å². The number of hydrogen-bond acceptors (Lipinski definition) is 5. The number of carbonyl (C=O) groups is 1. The molecule has 0 radical (unpaired) electrons. The van der Waals surface area contributed by atoms with E-state index >= 15 is 0 Å². The third kappa shape index (κ3) is 4.43. The average molecular weight is 303 g/mol. The first-order valence-corrected chi connectivity index (χ1v) is 9.26. The fraction of sp³-hybridized carbons (Fsp3) is 0.923. The van der Waals surface area contributed by atoms with Gasteiger partial charge in [-0.15, -0.1) is 0 Å². The van der Waals surface area contributed by atoms with E-state index in [1.165, 1.54) is 12.8 Å². The third-order valence-corrected chi connectivity index (χ3v) is 5.96. The van der Waals surface area contributed by atoms with Gasteiger partial charge in [-0.2, -0.15) is 0 Å². The van der Waals surface area contributed by atoms with Crippen LogP contribution in [0.15, 0.2) is 0 Å². The number of amides is 1. The van der Waals surface area contributed by atoms with E-state index in [1.54, 1.807) is 0 Å². The monoisotopic (exact) mass is 303 g/mol. The second-order valence-electron chi connectivity index (χ2n) is 5.82. The zero-order valence-electron chi connectivity index (χ0n) is 11.9. The molecule has 2 rings (SSSR count). The van der Waals surface area contributed by atoms with Crippen LogP contribution in [0.1, 0.15) is 32.1 Å². The number of nitrogens with zero attached hydrogens (tertiary/aromatic N) is 1. The molecule has 2 saturated heterocycles. The van der Waals surface area contributed by atoms with Gasteiger partial charge in [-0.05, 0) is 38.8 Å². The third-order valence-electron chi connectivity index (χ3n) is 4.33. The summed E-state index contributed by atoms with van der Waals surface area (Å²) in [6, 6.07) is 0.995. The molecule has 2 aliphatic heterocycles. The number of carbonyl (C=O) groups excluding carboxylic acids is 1. The van der Waals surface area contributed by atoms with Gasteiger partial charge in [0, 0.05) is 25.0 Å². The van der Waals surface area contributed by atoms with E-state index in [4.69, 9.17) is 5.73 Å². The summed E-state index contributed by atoms with van der Waals surface area (Å²) in [5, 5.41) is 3.51. The Morgan fingerprint density at radius 1 is 1.25 bits per heavy atom. The van der Waals surface area contributed by atoms with E-state index in [0.717, 1.165) is 25.9 Å². The molecule has 7 heteroatoms. The van der Waals surface area contributed by atoms with Crippen molar-refractivity contribution >= 4 is 15.7 Å². The predicted octanol–water partition coefficient (Wildman–Crippen LogP) is -0.507. The molecule has 2 heterocycles. The maximum atomic E-state index is 11.9. The van der Waals surface area contributed by atoms with Crippen LogP contribution < -0.4 is 11.1 Å². The summed E-state index contributed by atoms with van der Waals surface area (Å²) in [4.78, 5) is 13.0. The Bertz CT molecular complexity index is 432. The van der Waals surface area contributed by atoms with Gasteiger partial charge >= 0.3 is 0 Å². The molecule has 2 aliphatic rings. The molecule has 3 N–H and O–H groups in total. The highest BCUT2D eigenvalue weighted by Gasteiger charge is 2.33. The van der Waals surface area contributed by atoms with Crippen LogP contribution in [-0.2, 0) is 14.6 Å². The van der Waals surface area contributed by atoms with Crippen molar-refractivity contribution in [2.24, 2.45) is 5.73 Å². The molecule has 0 aromatic carbocycles. The highest BCUT2D eigenvalue weighted by molar-refractivity contribution is 7.91. The Kier molecular flexibility index (Phi) is 5.40. The summed E-state index contributed by atoms with van der Waals surface area (Å²) < 4.78 is 23.7. The van der Waals surface area contributed by atoms with Crippen LogP contribution in [0.5, 0.6) is 0 Å². The minimum absolute atomic E-state index is 0.0735. The van der Waals surface area contributed by atoms with Gasteiger partial charge in [0.1, 0.15) is 0 Å². The second kappa shape index (κ2) is 6.87. The largest absolute Gasteiger partial charge is 0.370 e. The van der Waals surface area contributed by atoms with Crippen LogP contribution in [0, 0.1) is 0 Å². The van der Waals surface area contributed by atoms with Crippen molar-refractivity contribution in [2.75, 3.05) is 31.1 Å². The second-order valence-corrected chi connectivity index (χ2v) is 8.12. The smallest absolute Gasteiger partial charge is 0.218 e. The molecule has 1 amide bonds. The van der Waals surface area contributed by atoms with Crippen LogP contribution in [0.4, 0.5) is 0 Å². The van der Waals surface area contributed by atoms with E-state index in [1.807, 2.05) is 0 Å². The van der Waals surface area contributed by atoms with Crippen LogP contribution >= 0.6 is 0 Å². The standard InChI is InChI=1S/C13H25N3O3S/c14-13(17)5-9-20(18,19)10-8-16-7-2-4-12(16)11-3-1-6-15-11/h11-12,15H,1-10H2,(H2,14,17). The molecular weight excluding hydrogens is 278 g/mol. The molecule has 2 atom stereocenters. The van der Waals surface area contributed by atoms with Gasteiger partial charge in [-0.25, -0.2) is 8.42 Å². The van der Waals surface area contributed by atoms with Crippen LogP contribution in [0.3, 0.4) is 0 Å². The summed E-state index contributed by atoms with van der Waals surface area (Å²) >= 11 is 0. The van der Waals surface area contributed by atoms with Crippen molar-refractivity contribution in [3.63, 3.8) is 0 Å². The zero-order chi connectivity index (χ0) is 14.6. The van der Waals surface area contributed by atoms with E-state index < -0.39 is 15.7 Å². The molecule has 0 spiro atoms. The van der Waals surface area contributed by atoms with Gasteiger partial charge in [0.15, 0.2) is 9.84 Å². The molecule has 0 aromatic heterocycles. The lowest BCUT2D eigenvalue weighted by Crippen LogP contribution is -2.45. The fourth-order valence-corrected chi connectivity index (χ4v) is 4.47. The first kappa shape index (κ1) is 15.7. The minimum Gasteiger partial charge on any atom is -0.370 e. The summed E-state index contributed by atoms with van der Waals surface area (Å²) in [7, 11) is -3.17. The molecule has 20 heavy (non-hydrogen) atoms. The number of nitrogens with two attached hydrogens (primary N) is 1. The highest BCUT2D eigenvalue weighted by Crippen LogP contribution is 2.24. The van der Waals surface area contributed by atoms with Gasteiger partial charge < -0.3 is 11.1 Å². The van der Waals surface area contributed by atoms with Crippen molar-refractivity contribution in [3.05, 3.63) is 0 Å². The minimum atomic E-state index is -3.17. The summed E-state index contributed by atoms with van der Waals surface area (Å²) in [5.41, 5.74) is 5.00. The van der Waals surface area contributed by atoms with E-state index in [0.29, 0.717) is 18.6 Å². The van der Waals surface area contributed by atoms with Crippen LogP contribution in [0.25, 0.3) is 0 Å². The number of hydrogen-bond donors (Lipinski definition) is 2. The SMILES string of the molecule is NC(=O)CCS(=O)(=O)CCN1CCCC1C1CCCN1. The summed E-state index contributed by atoms with van der Waals surface area (Å²) in [6.07, 6.45) is 4.63. The Labute approximate surface area is 121 Å². The number of nitrogens with one attached hydrogen (secondary N) is 1. The Morgan fingerprint density at radius 2 is 2.05 bits per heavy atom. The number of likely N-dealkylation sites (tertiary alicyclic amines) is 1. The average Bonchev–Trinajstić information content (AvgIpc) is 3.04. The van der Waals surface area contributed by atoms with Crippen molar-refractivity contribution in [3.8, 4) is 0 Å². The predicted molar refractivity (Wildman–Crippen MR) is 78.1 cm³/mol. The molecule has 116 valence electrons. The summed E-state index contributed by atoms with van der Waals surface area (Å²) in [5.74, 6) is -0.547. The number of sulfone groups is 1. The van der Waals surface area contributed by atoms with Gasteiger partial charge in [0.25, 0.3) is 0 Å². The lowest BCUT2D eigenvalue weighted by molar-refractivity contribution is -0.117. The van der Waals surface area contributed by atoms with Gasteiger partial charge in [-0.3, -0.25) is 9.69 Å².